The van der Waals surface area contributed by atoms with Gasteiger partial charge in [0, 0.05) is 0 Å². The van der Waals surface area contributed by atoms with Crippen molar-refractivity contribution in [3.8, 4) is 0 Å². The zero-order valence-electron chi connectivity index (χ0n) is 13.7. The van der Waals surface area contributed by atoms with E-state index in [1.54, 1.807) is 16.4 Å². The van der Waals surface area contributed by atoms with Crippen molar-refractivity contribution in [2.24, 2.45) is 0 Å². The topological polar surface area (TPSA) is 46.6 Å². The third-order valence-electron chi connectivity index (χ3n) is 5.05. The van der Waals surface area contributed by atoms with Gasteiger partial charge < -0.3 is 4.74 Å². The maximum atomic E-state index is 13.1. The number of hydrogen-bond acceptors (Lipinski definition) is 3. The highest BCUT2D eigenvalue weighted by molar-refractivity contribution is 7.89. The molecule has 0 aromatic heterocycles. The van der Waals surface area contributed by atoms with Crippen molar-refractivity contribution >= 4 is 10.0 Å². The first-order valence-electron chi connectivity index (χ1n) is 8.33. The number of rotatable bonds is 3. The van der Waals surface area contributed by atoms with E-state index in [1.807, 2.05) is 49.4 Å². The van der Waals surface area contributed by atoms with Crippen LogP contribution < -0.4 is 0 Å². The Hall–Kier alpha value is -1.69. The van der Waals surface area contributed by atoms with Gasteiger partial charge in [0.1, 0.15) is 11.8 Å². The minimum absolute atomic E-state index is 0.340. The standard InChI is InChI=1S/C19H21NO3S/c1-15-9-11-17(12-10-15)24(21,22)20-14-19(13-5-8-18(20)23-19)16-6-3-2-4-7-16/h2-4,6-7,9-12,18H,5,8,13-14H2,1H3/t18-,19-/m0/s1. The fourth-order valence-electron chi connectivity index (χ4n) is 3.74. The Bertz CT molecular complexity index is 833. The summed E-state index contributed by atoms with van der Waals surface area (Å²) in [6.45, 7) is 2.34. The highest BCUT2D eigenvalue weighted by Crippen LogP contribution is 2.46. The Morgan fingerprint density at radius 2 is 1.79 bits per heavy atom. The van der Waals surface area contributed by atoms with Gasteiger partial charge in [0.15, 0.2) is 0 Å². The van der Waals surface area contributed by atoms with Gasteiger partial charge in [-0.1, -0.05) is 48.0 Å². The van der Waals surface area contributed by atoms with Gasteiger partial charge in [-0.15, -0.1) is 0 Å². The van der Waals surface area contributed by atoms with Crippen molar-refractivity contribution in [2.75, 3.05) is 6.54 Å². The number of nitrogens with zero attached hydrogens (tertiary/aromatic N) is 1. The third-order valence-corrected chi connectivity index (χ3v) is 6.90. The predicted octanol–water partition coefficient (Wildman–Crippen LogP) is 3.42. The number of benzene rings is 2. The molecule has 2 aromatic carbocycles. The van der Waals surface area contributed by atoms with E-state index in [2.05, 4.69) is 0 Å². The highest BCUT2D eigenvalue weighted by atomic mass is 32.2. The number of ether oxygens (including phenoxy) is 1. The maximum Gasteiger partial charge on any atom is 0.245 e. The molecule has 2 aromatic rings. The summed E-state index contributed by atoms with van der Waals surface area (Å²) in [4.78, 5) is 0.340. The normalized spacial score (nSPS) is 27.3. The van der Waals surface area contributed by atoms with Gasteiger partial charge >= 0.3 is 0 Å². The quantitative estimate of drug-likeness (QED) is 0.858. The molecule has 4 rings (SSSR count). The van der Waals surface area contributed by atoms with Crippen molar-refractivity contribution in [2.45, 2.75) is 42.9 Å². The van der Waals surface area contributed by atoms with Crippen LogP contribution in [0.2, 0.25) is 0 Å². The van der Waals surface area contributed by atoms with Gasteiger partial charge in [0.2, 0.25) is 10.0 Å². The van der Waals surface area contributed by atoms with Gasteiger partial charge in [0.05, 0.1) is 11.4 Å². The molecule has 0 amide bonds. The molecule has 5 heteroatoms. The molecule has 4 nitrogen and oxygen atoms in total. The van der Waals surface area contributed by atoms with Crippen LogP contribution in [-0.2, 0) is 20.4 Å². The Morgan fingerprint density at radius 1 is 1.08 bits per heavy atom. The van der Waals surface area contributed by atoms with Gasteiger partial charge in [-0.2, -0.15) is 4.31 Å². The van der Waals surface area contributed by atoms with Crippen molar-refractivity contribution in [3.63, 3.8) is 0 Å². The van der Waals surface area contributed by atoms with Crippen LogP contribution in [0.3, 0.4) is 0 Å². The smallest absolute Gasteiger partial charge is 0.245 e. The molecular weight excluding hydrogens is 322 g/mol. The van der Waals surface area contributed by atoms with Gasteiger partial charge in [-0.3, -0.25) is 0 Å². The zero-order valence-corrected chi connectivity index (χ0v) is 14.5. The summed E-state index contributed by atoms with van der Waals surface area (Å²) in [5.74, 6) is 0. The second-order valence-corrected chi connectivity index (χ2v) is 8.58. The summed E-state index contributed by atoms with van der Waals surface area (Å²) < 4.78 is 34.0. The Kier molecular flexibility index (Phi) is 3.75. The molecule has 2 aliphatic heterocycles. The van der Waals surface area contributed by atoms with Gasteiger partial charge in [0.25, 0.3) is 0 Å². The molecule has 2 aliphatic rings. The fourth-order valence-corrected chi connectivity index (χ4v) is 5.33. The van der Waals surface area contributed by atoms with Crippen LogP contribution in [0.4, 0.5) is 0 Å². The molecule has 2 saturated heterocycles. The number of sulfonamides is 1. The molecule has 0 spiro atoms. The first kappa shape index (κ1) is 15.8. The van der Waals surface area contributed by atoms with Crippen LogP contribution in [0, 0.1) is 6.92 Å². The van der Waals surface area contributed by atoms with E-state index in [0.717, 1.165) is 30.4 Å². The lowest BCUT2D eigenvalue weighted by molar-refractivity contribution is -0.0877. The first-order chi connectivity index (χ1) is 11.5. The number of hydrogen-bond donors (Lipinski definition) is 0. The molecule has 24 heavy (non-hydrogen) atoms. The van der Waals surface area contributed by atoms with Crippen LogP contribution in [0.15, 0.2) is 59.5 Å². The van der Waals surface area contributed by atoms with E-state index >= 15 is 0 Å². The van der Waals surface area contributed by atoms with E-state index in [1.165, 1.54) is 0 Å². The minimum atomic E-state index is -3.55. The van der Waals surface area contributed by atoms with E-state index in [0.29, 0.717) is 11.4 Å². The monoisotopic (exact) mass is 343 g/mol. The molecule has 2 fully saturated rings. The highest BCUT2D eigenvalue weighted by Gasteiger charge is 2.52. The van der Waals surface area contributed by atoms with E-state index in [-0.39, 0.29) is 6.23 Å². The second-order valence-electron chi connectivity index (χ2n) is 6.69. The largest absolute Gasteiger partial charge is 0.350 e. The summed E-state index contributed by atoms with van der Waals surface area (Å²) in [5, 5.41) is 0. The lowest BCUT2D eigenvalue weighted by atomic mass is 9.88. The zero-order chi connectivity index (χ0) is 16.8. The predicted molar refractivity (Wildman–Crippen MR) is 91.9 cm³/mol. The molecule has 0 N–H and O–H groups in total. The molecule has 2 heterocycles. The lowest BCUT2D eigenvalue weighted by Gasteiger charge is -2.32. The van der Waals surface area contributed by atoms with E-state index < -0.39 is 15.6 Å². The van der Waals surface area contributed by atoms with Crippen LogP contribution in [-0.4, -0.2) is 25.5 Å². The van der Waals surface area contributed by atoms with E-state index in [9.17, 15) is 8.42 Å². The maximum absolute atomic E-state index is 13.1. The summed E-state index contributed by atoms with van der Waals surface area (Å²) in [6, 6.07) is 17.0. The van der Waals surface area contributed by atoms with E-state index in [4.69, 9.17) is 4.74 Å². The number of fused-ring (bicyclic) bond motifs is 2. The van der Waals surface area contributed by atoms with Crippen LogP contribution in [0.25, 0.3) is 0 Å². The average Bonchev–Trinajstić information content (AvgIpc) is 2.88. The third kappa shape index (κ3) is 2.48. The molecule has 0 saturated carbocycles. The Labute approximate surface area is 143 Å². The van der Waals surface area contributed by atoms with Crippen LogP contribution in [0.5, 0.6) is 0 Å². The molecule has 0 radical (unpaired) electrons. The van der Waals surface area contributed by atoms with Crippen molar-refractivity contribution in [1.82, 2.24) is 4.31 Å². The number of aryl methyl sites for hydroxylation is 1. The summed E-state index contributed by atoms with van der Waals surface area (Å²) in [5.41, 5.74) is 1.60. The second kappa shape index (κ2) is 5.69. The molecule has 0 unspecified atom stereocenters. The first-order valence-corrected chi connectivity index (χ1v) is 9.77. The molecule has 2 bridgehead atoms. The van der Waals surface area contributed by atoms with Crippen molar-refractivity contribution in [3.05, 3.63) is 65.7 Å². The average molecular weight is 343 g/mol. The molecule has 2 atom stereocenters. The van der Waals surface area contributed by atoms with Crippen LogP contribution in [0.1, 0.15) is 30.4 Å². The Morgan fingerprint density at radius 3 is 2.50 bits per heavy atom. The summed E-state index contributed by atoms with van der Waals surface area (Å²) >= 11 is 0. The SMILES string of the molecule is Cc1ccc(S(=O)(=O)N2C[C@]3(c4ccccc4)CCC[C@@H]2O3)cc1. The summed E-state index contributed by atoms with van der Waals surface area (Å²) in [6.07, 6.45) is 2.21. The van der Waals surface area contributed by atoms with Gasteiger partial charge in [-0.05, 0) is 43.9 Å². The molecule has 126 valence electrons. The minimum Gasteiger partial charge on any atom is -0.350 e. The summed E-state index contributed by atoms with van der Waals surface area (Å²) in [7, 11) is -3.55. The Balaban J connectivity index is 1.71. The lowest BCUT2D eigenvalue weighted by Crippen LogP contribution is -2.36. The van der Waals surface area contributed by atoms with Gasteiger partial charge in [-0.25, -0.2) is 8.42 Å². The fraction of sp³-hybridized carbons (Fsp3) is 0.368. The van der Waals surface area contributed by atoms with Crippen molar-refractivity contribution in [1.29, 1.82) is 0 Å². The van der Waals surface area contributed by atoms with Crippen molar-refractivity contribution < 1.29 is 13.2 Å². The molecule has 0 aliphatic carbocycles. The van der Waals surface area contributed by atoms with Crippen LogP contribution >= 0.6 is 0 Å². The molecular formula is C19H21NO3S.